The predicted octanol–water partition coefficient (Wildman–Crippen LogP) is 7.90. The SMILES string of the molecule is CCCCCCCCCCCCCCCCCOC(=O)C(C)N(C)C(=O)OCC(C)(C)C. The van der Waals surface area contributed by atoms with Gasteiger partial charge in [-0.1, -0.05) is 118 Å². The topological polar surface area (TPSA) is 55.8 Å². The van der Waals surface area contributed by atoms with Gasteiger partial charge in [0, 0.05) is 7.05 Å². The number of rotatable bonds is 19. The summed E-state index contributed by atoms with van der Waals surface area (Å²) in [5.74, 6) is -0.370. The van der Waals surface area contributed by atoms with Gasteiger partial charge in [-0.25, -0.2) is 9.59 Å². The molecule has 32 heavy (non-hydrogen) atoms. The zero-order valence-corrected chi connectivity index (χ0v) is 22.2. The summed E-state index contributed by atoms with van der Waals surface area (Å²) >= 11 is 0. The highest BCUT2D eigenvalue weighted by molar-refractivity contribution is 5.80. The third-order valence-corrected chi connectivity index (χ3v) is 5.83. The number of esters is 1. The van der Waals surface area contributed by atoms with Crippen LogP contribution in [0, 0.1) is 5.41 Å². The van der Waals surface area contributed by atoms with Gasteiger partial charge >= 0.3 is 12.1 Å². The molecule has 0 aromatic carbocycles. The van der Waals surface area contributed by atoms with Crippen molar-refractivity contribution in [3.8, 4) is 0 Å². The lowest BCUT2D eigenvalue weighted by Crippen LogP contribution is -2.42. The fourth-order valence-corrected chi connectivity index (χ4v) is 3.46. The second-order valence-corrected chi connectivity index (χ2v) is 10.5. The Bertz CT molecular complexity index is 473. The highest BCUT2D eigenvalue weighted by atomic mass is 16.6. The van der Waals surface area contributed by atoms with Crippen LogP contribution >= 0.6 is 0 Å². The molecule has 1 atom stereocenters. The summed E-state index contributed by atoms with van der Waals surface area (Å²) in [6.07, 6.45) is 19.2. The van der Waals surface area contributed by atoms with Crippen LogP contribution in [-0.2, 0) is 14.3 Å². The molecule has 1 unspecified atom stereocenters. The van der Waals surface area contributed by atoms with E-state index in [-0.39, 0.29) is 11.4 Å². The van der Waals surface area contributed by atoms with Crippen LogP contribution in [0.3, 0.4) is 0 Å². The molecule has 0 aliphatic carbocycles. The van der Waals surface area contributed by atoms with Crippen molar-refractivity contribution in [2.24, 2.45) is 5.41 Å². The molecule has 5 nitrogen and oxygen atoms in total. The smallest absolute Gasteiger partial charge is 0.410 e. The summed E-state index contributed by atoms with van der Waals surface area (Å²) in [4.78, 5) is 25.5. The minimum absolute atomic E-state index is 0.103. The summed E-state index contributed by atoms with van der Waals surface area (Å²) < 4.78 is 10.6. The van der Waals surface area contributed by atoms with Crippen LogP contribution in [0.1, 0.15) is 131 Å². The fourth-order valence-electron chi connectivity index (χ4n) is 3.46. The third kappa shape index (κ3) is 18.3. The Labute approximate surface area is 199 Å². The predicted molar refractivity (Wildman–Crippen MR) is 134 cm³/mol. The fraction of sp³-hybridized carbons (Fsp3) is 0.926. The van der Waals surface area contributed by atoms with Crippen molar-refractivity contribution in [2.45, 2.75) is 137 Å². The van der Waals surface area contributed by atoms with Gasteiger partial charge in [-0.15, -0.1) is 0 Å². The van der Waals surface area contributed by atoms with Crippen molar-refractivity contribution in [3.05, 3.63) is 0 Å². The van der Waals surface area contributed by atoms with Crippen molar-refractivity contribution >= 4 is 12.1 Å². The Morgan fingerprint density at radius 2 is 1.12 bits per heavy atom. The lowest BCUT2D eigenvalue weighted by molar-refractivity contribution is -0.148. The van der Waals surface area contributed by atoms with Gasteiger partial charge in [0.05, 0.1) is 13.2 Å². The zero-order valence-electron chi connectivity index (χ0n) is 22.2. The third-order valence-electron chi connectivity index (χ3n) is 5.83. The molecular weight excluding hydrogens is 402 g/mol. The minimum atomic E-state index is -0.640. The van der Waals surface area contributed by atoms with Gasteiger partial charge in [0.25, 0.3) is 0 Å². The van der Waals surface area contributed by atoms with Crippen molar-refractivity contribution < 1.29 is 19.1 Å². The first-order valence-corrected chi connectivity index (χ1v) is 13.2. The maximum Gasteiger partial charge on any atom is 0.410 e. The van der Waals surface area contributed by atoms with E-state index in [1.807, 2.05) is 20.8 Å². The van der Waals surface area contributed by atoms with Crippen LogP contribution < -0.4 is 0 Å². The molecule has 5 heteroatoms. The van der Waals surface area contributed by atoms with E-state index in [1.165, 1.54) is 88.4 Å². The average Bonchev–Trinajstić information content (AvgIpc) is 2.75. The van der Waals surface area contributed by atoms with Crippen molar-refractivity contribution in [2.75, 3.05) is 20.3 Å². The molecular formula is C27H53NO4. The lowest BCUT2D eigenvalue weighted by Gasteiger charge is -2.25. The Hall–Kier alpha value is -1.26. The molecule has 0 heterocycles. The summed E-state index contributed by atoms with van der Waals surface area (Å²) in [6, 6.07) is -0.640. The molecule has 0 saturated carbocycles. The summed E-state index contributed by atoms with van der Waals surface area (Å²) in [7, 11) is 1.57. The number of carbonyl (C=O) groups is 2. The molecule has 0 radical (unpaired) electrons. The molecule has 0 aliphatic rings. The quantitative estimate of drug-likeness (QED) is 0.147. The van der Waals surface area contributed by atoms with E-state index >= 15 is 0 Å². The molecule has 190 valence electrons. The van der Waals surface area contributed by atoms with Crippen LogP contribution in [0.25, 0.3) is 0 Å². The first-order chi connectivity index (χ1) is 15.2. The summed E-state index contributed by atoms with van der Waals surface area (Å²) in [6.45, 7) is 10.7. The molecule has 1 amide bonds. The zero-order chi connectivity index (χ0) is 24.2. The van der Waals surface area contributed by atoms with Crippen molar-refractivity contribution in [3.63, 3.8) is 0 Å². The monoisotopic (exact) mass is 455 g/mol. The van der Waals surface area contributed by atoms with Crippen LogP contribution in [0.2, 0.25) is 0 Å². The first kappa shape index (κ1) is 30.7. The largest absolute Gasteiger partial charge is 0.464 e. The Kier molecular flexibility index (Phi) is 18.5. The van der Waals surface area contributed by atoms with Crippen molar-refractivity contribution in [1.82, 2.24) is 4.90 Å². The minimum Gasteiger partial charge on any atom is -0.464 e. The molecule has 0 rings (SSSR count). The maximum atomic E-state index is 12.2. The van der Waals surface area contributed by atoms with E-state index in [4.69, 9.17) is 9.47 Å². The van der Waals surface area contributed by atoms with Gasteiger partial charge in [0.15, 0.2) is 0 Å². The molecule has 0 N–H and O–H groups in total. The Morgan fingerprint density at radius 1 is 0.719 bits per heavy atom. The standard InChI is InChI=1S/C27H53NO4/c1-7-8-9-10-11-12-13-14-15-16-17-18-19-20-21-22-31-25(29)24(2)28(6)26(30)32-23-27(3,4)5/h24H,7-23H2,1-6H3. The highest BCUT2D eigenvalue weighted by Gasteiger charge is 2.25. The van der Waals surface area contributed by atoms with E-state index in [9.17, 15) is 9.59 Å². The van der Waals surface area contributed by atoms with Crippen LogP contribution in [0.15, 0.2) is 0 Å². The molecule has 0 fully saturated rings. The van der Waals surface area contributed by atoms with Crippen LogP contribution in [0.5, 0.6) is 0 Å². The van der Waals surface area contributed by atoms with Gasteiger partial charge in [-0.3, -0.25) is 4.90 Å². The molecule has 0 bridgehead atoms. The van der Waals surface area contributed by atoms with Crippen LogP contribution in [0.4, 0.5) is 4.79 Å². The Morgan fingerprint density at radius 3 is 1.53 bits per heavy atom. The molecule has 0 spiro atoms. The van der Waals surface area contributed by atoms with Gasteiger partial charge in [0.1, 0.15) is 6.04 Å². The van der Waals surface area contributed by atoms with Gasteiger partial charge in [-0.2, -0.15) is 0 Å². The highest BCUT2D eigenvalue weighted by Crippen LogP contribution is 2.15. The normalized spacial score (nSPS) is 12.4. The molecule has 0 aromatic rings. The number of hydrogen-bond donors (Lipinski definition) is 0. The van der Waals surface area contributed by atoms with Crippen LogP contribution in [-0.4, -0.2) is 43.3 Å². The average molecular weight is 456 g/mol. The Balaban J connectivity index is 3.56. The van der Waals surface area contributed by atoms with Gasteiger partial charge in [-0.05, 0) is 18.8 Å². The van der Waals surface area contributed by atoms with E-state index in [2.05, 4.69) is 6.92 Å². The second-order valence-electron chi connectivity index (χ2n) is 10.5. The summed E-state index contributed by atoms with van der Waals surface area (Å²) in [5.41, 5.74) is -0.103. The molecule has 0 aliphatic heterocycles. The number of unbranched alkanes of at least 4 members (excludes halogenated alkanes) is 14. The summed E-state index contributed by atoms with van der Waals surface area (Å²) in [5, 5.41) is 0. The lowest BCUT2D eigenvalue weighted by atomic mass is 9.99. The van der Waals surface area contributed by atoms with Gasteiger partial charge in [0.2, 0.25) is 0 Å². The number of amides is 1. The first-order valence-electron chi connectivity index (χ1n) is 13.2. The van der Waals surface area contributed by atoms with E-state index in [0.29, 0.717) is 13.2 Å². The van der Waals surface area contributed by atoms with E-state index < -0.39 is 12.1 Å². The number of hydrogen-bond acceptors (Lipinski definition) is 4. The maximum absolute atomic E-state index is 12.2. The van der Waals surface area contributed by atoms with Crippen molar-refractivity contribution in [1.29, 1.82) is 0 Å². The van der Waals surface area contributed by atoms with Gasteiger partial charge < -0.3 is 9.47 Å². The van der Waals surface area contributed by atoms with E-state index in [0.717, 1.165) is 12.8 Å². The van der Waals surface area contributed by atoms with E-state index in [1.54, 1.807) is 14.0 Å². The second kappa shape index (κ2) is 19.2. The number of nitrogens with zero attached hydrogens (tertiary/aromatic N) is 1. The molecule has 0 saturated heterocycles. The molecule has 0 aromatic heterocycles. The number of ether oxygens (including phenoxy) is 2. The number of carbonyl (C=O) groups excluding carboxylic acids is 2. The number of likely N-dealkylation sites (N-methyl/N-ethyl adjacent to an activating group) is 1.